The molecule has 2 aliphatic heterocycles. The van der Waals surface area contributed by atoms with E-state index in [0.717, 1.165) is 67.7 Å². The number of amides is 2. The van der Waals surface area contributed by atoms with Crippen molar-refractivity contribution in [2.45, 2.75) is 37.6 Å². The highest BCUT2D eigenvalue weighted by atomic mass is 16.2. The van der Waals surface area contributed by atoms with E-state index in [9.17, 15) is 9.59 Å². The molecule has 0 N–H and O–H groups in total. The monoisotopic (exact) mass is 412 g/mol. The lowest BCUT2D eigenvalue weighted by Crippen LogP contribution is -2.40. The van der Waals surface area contributed by atoms with Gasteiger partial charge in [0.15, 0.2) is 0 Å². The lowest BCUT2D eigenvalue weighted by molar-refractivity contribution is -0.131. The smallest absolute Gasteiger partial charge is 0.256 e. The number of carbonyl (C=O) groups excluding carboxylic acids is 2. The SMILES string of the molecule is O=C(C1CC1)N1CC[C@@H](CN2C(=O)C3(CC3)N=C2c2ccc(-c3cc[c]cc3)cc2)C1. The molecule has 2 aliphatic carbocycles. The quantitative estimate of drug-likeness (QED) is 0.754. The fraction of sp³-hybridized carbons (Fsp3) is 0.423. The molecule has 6 rings (SSSR count). The first kappa shape index (κ1) is 18.8. The zero-order chi connectivity index (χ0) is 21.0. The van der Waals surface area contributed by atoms with Crippen molar-refractivity contribution in [3.8, 4) is 11.1 Å². The third-order valence-electron chi connectivity index (χ3n) is 7.10. The third-order valence-corrected chi connectivity index (χ3v) is 7.10. The summed E-state index contributed by atoms with van der Waals surface area (Å²) in [5, 5.41) is 0. The Morgan fingerprint density at radius 1 is 1.00 bits per heavy atom. The van der Waals surface area contributed by atoms with Crippen LogP contribution in [0.3, 0.4) is 0 Å². The van der Waals surface area contributed by atoms with Crippen molar-refractivity contribution >= 4 is 17.6 Å². The van der Waals surface area contributed by atoms with E-state index in [4.69, 9.17) is 4.99 Å². The predicted octanol–water partition coefficient (Wildman–Crippen LogP) is 3.53. The molecule has 0 aromatic heterocycles. The second-order valence-corrected chi connectivity index (χ2v) is 9.46. The Hall–Kier alpha value is -2.95. The van der Waals surface area contributed by atoms with Gasteiger partial charge in [0.2, 0.25) is 5.91 Å². The normalized spacial score (nSPS) is 24.1. The Kier molecular flexibility index (Phi) is 4.27. The molecular weight excluding hydrogens is 386 g/mol. The highest BCUT2D eigenvalue weighted by Crippen LogP contribution is 2.46. The number of hydrogen-bond acceptors (Lipinski definition) is 3. The van der Waals surface area contributed by atoms with E-state index in [-0.39, 0.29) is 11.8 Å². The number of benzene rings is 2. The van der Waals surface area contributed by atoms with Crippen LogP contribution >= 0.6 is 0 Å². The van der Waals surface area contributed by atoms with Crippen molar-refractivity contribution in [2.75, 3.05) is 19.6 Å². The molecule has 0 unspecified atom stereocenters. The van der Waals surface area contributed by atoms with E-state index in [1.54, 1.807) is 0 Å². The second-order valence-electron chi connectivity index (χ2n) is 9.46. The van der Waals surface area contributed by atoms with Crippen LogP contribution in [0, 0.1) is 17.9 Å². The Balaban J connectivity index is 1.21. The minimum absolute atomic E-state index is 0.150. The van der Waals surface area contributed by atoms with E-state index in [1.807, 2.05) is 34.1 Å². The molecule has 1 atom stereocenters. The fourth-order valence-electron chi connectivity index (χ4n) is 4.91. The Labute approximate surface area is 182 Å². The summed E-state index contributed by atoms with van der Waals surface area (Å²) in [6.07, 6.45) is 4.75. The van der Waals surface area contributed by atoms with Gasteiger partial charge in [-0.25, -0.2) is 0 Å². The lowest BCUT2D eigenvalue weighted by Gasteiger charge is -2.23. The van der Waals surface area contributed by atoms with Gasteiger partial charge in [0.05, 0.1) is 0 Å². The van der Waals surface area contributed by atoms with Crippen LogP contribution in [0.2, 0.25) is 0 Å². The molecule has 4 aliphatic rings. The van der Waals surface area contributed by atoms with E-state index >= 15 is 0 Å². The molecule has 5 nitrogen and oxygen atoms in total. The van der Waals surface area contributed by atoms with Crippen molar-refractivity contribution in [3.05, 3.63) is 60.2 Å². The third kappa shape index (κ3) is 3.36. The standard InChI is InChI=1S/C26H26N3O2/c30-24(22-10-11-22)28-15-12-18(16-28)17-29-23(27-26(13-14-26)25(29)31)21-8-6-20(7-9-21)19-4-2-1-3-5-19/h2-9,18,22H,10-17H2/t18-/m1/s1. The zero-order valence-electron chi connectivity index (χ0n) is 17.6. The number of rotatable bonds is 5. The summed E-state index contributed by atoms with van der Waals surface area (Å²) in [7, 11) is 0. The van der Waals surface area contributed by atoms with Gasteiger partial charge in [0, 0.05) is 31.1 Å². The van der Waals surface area contributed by atoms with Crippen LogP contribution in [-0.4, -0.2) is 52.6 Å². The van der Waals surface area contributed by atoms with Crippen molar-refractivity contribution < 1.29 is 9.59 Å². The molecule has 1 radical (unpaired) electrons. The molecule has 2 heterocycles. The summed E-state index contributed by atoms with van der Waals surface area (Å²) < 4.78 is 0. The highest BCUT2D eigenvalue weighted by molar-refractivity contribution is 6.16. The van der Waals surface area contributed by atoms with Crippen LogP contribution in [0.5, 0.6) is 0 Å². The van der Waals surface area contributed by atoms with Crippen molar-refractivity contribution in [1.29, 1.82) is 0 Å². The first-order chi connectivity index (χ1) is 15.1. The van der Waals surface area contributed by atoms with Crippen LogP contribution in [0.1, 0.15) is 37.7 Å². The summed E-state index contributed by atoms with van der Waals surface area (Å²) >= 11 is 0. The number of nitrogens with zero attached hydrogens (tertiary/aromatic N) is 3. The zero-order valence-corrected chi connectivity index (χ0v) is 17.6. The van der Waals surface area contributed by atoms with Gasteiger partial charge in [-0.05, 0) is 55.2 Å². The Bertz CT molecular complexity index is 1050. The largest absolute Gasteiger partial charge is 0.342 e. The van der Waals surface area contributed by atoms with Crippen LogP contribution in [-0.2, 0) is 9.59 Å². The van der Waals surface area contributed by atoms with Gasteiger partial charge in [-0.1, -0.05) is 48.5 Å². The van der Waals surface area contributed by atoms with E-state index in [2.05, 4.69) is 30.3 Å². The fourth-order valence-corrected chi connectivity index (χ4v) is 4.91. The van der Waals surface area contributed by atoms with Crippen molar-refractivity contribution in [1.82, 2.24) is 9.80 Å². The van der Waals surface area contributed by atoms with E-state index in [1.165, 1.54) is 0 Å². The minimum Gasteiger partial charge on any atom is -0.342 e. The first-order valence-corrected chi connectivity index (χ1v) is 11.4. The van der Waals surface area contributed by atoms with Gasteiger partial charge < -0.3 is 4.90 Å². The van der Waals surface area contributed by atoms with Gasteiger partial charge in [-0.15, -0.1) is 0 Å². The molecule has 5 heteroatoms. The average molecular weight is 413 g/mol. The summed E-state index contributed by atoms with van der Waals surface area (Å²) in [6, 6.07) is 19.3. The number of amidine groups is 1. The maximum atomic E-state index is 13.2. The van der Waals surface area contributed by atoms with E-state index < -0.39 is 5.54 Å². The summed E-state index contributed by atoms with van der Waals surface area (Å²) in [4.78, 5) is 34.5. The summed E-state index contributed by atoms with van der Waals surface area (Å²) in [6.45, 7) is 2.25. The molecule has 2 aromatic rings. The molecule has 1 spiro atoms. The molecule has 31 heavy (non-hydrogen) atoms. The van der Waals surface area contributed by atoms with Crippen molar-refractivity contribution in [2.24, 2.45) is 16.8 Å². The molecule has 157 valence electrons. The Morgan fingerprint density at radius 3 is 2.35 bits per heavy atom. The van der Waals surface area contributed by atoms with Gasteiger partial charge >= 0.3 is 0 Å². The lowest BCUT2D eigenvalue weighted by atomic mass is 10.0. The molecule has 2 aromatic carbocycles. The number of likely N-dealkylation sites (tertiary alicyclic amines) is 1. The van der Waals surface area contributed by atoms with Gasteiger partial charge in [-0.2, -0.15) is 0 Å². The van der Waals surface area contributed by atoms with Crippen LogP contribution in [0.4, 0.5) is 0 Å². The van der Waals surface area contributed by atoms with Gasteiger partial charge in [0.25, 0.3) is 5.91 Å². The van der Waals surface area contributed by atoms with Crippen molar-refractivity contribution in [3.63, 3.8) is 0 Å². The molecule has 1 saturated heterocycles. The predicted molar refractivity (Wildman–Crippen MR) is 118 cm³/mol. The Morgan fingerprint density at radius 2 is 1.68 bits per heavy atom. The van der Waals surface area contributed by atoms with Crippen LogP contribution in [0.25, 0.3) is 11.1 Å². The molecule has 2 saturated carbocycles. The van der Waals surface area contributed by atoms with E-state index in [0.29, 0.717) is 18.4 Å². The summed E-state index contributed by atoms with van der Waals surface area (Å²) in [5.74, 6) is 1.86. The van der Waals surface area contributed by atoms with Gasteiger partial charge in [-0.3, -0.25) is 19.5 Å². The summed E-state index contributed by atoms with van der Waals surface area (Å²) in [5.41, 5.74) is 2.77. The van der Waals surface area contributed by atoms with Crippen LogP contribution in [0.15, 0.2) is 53.5 Å². The first-order valence-electron chi connectivity index (χ1n) is 11.4. The maximum Gasteiger partial charge on any atom is 0.256 e. The number of carbonyl (C=O) groups is 2. The maximum absolute atomic E-state index is 13.2. The number of hydrogen-bond donors (Lipinski definition) is 0. The molecule has 0 bridgehead atoms. The topological polar surface area (TPSA) is 53.0 Å². The second kappa shape index (κ2) is 7.04. The average Bonchev–Trinajstić information content (AvgIpc) is 3.73. The molecule has 2 amide bonds. The minimum atomic E-state index is -0.509. The molecule has 3 fully saturated rings. The van der Waals surface area contributed by atoms with Gasteiger partial charge in [0.1, 0.15) is 11.4 Å². The molecular formula is C26H26N3O2. The van der Waals surface area contributed by atoms with Crippen LogP contribution < -0.4 is 0 Å². The highest BCUT2D eigenvalue weighted by Gasteiger charge is 2.57. The number of aliphatic imine (C=N–C) groups is 1.